The van der Waals surface area contributed by atoms with E-state index in [9.17, 15) is 14.5 Å². The predicted octanol–water partition coefficient (Wildman–Crippen LogP) is 2.96. The van der Waals surface area contributed by atoms with Crippen molar-refractivity contribution in [2.45, 2.75) is 13.8 Å². The fourth-order valence-corrected chi connectivity index (χ4v) is 2.69. The first kappa shape index (κ1) is 18.0. The molecule has 9 nitrogen and oxygen atoms in total. The molecular formula is C17H16FN7O2. The molecule has 0 saturated heterocycles. The van der Waals surface area contributed by atoms with Crippen LogP contribution >= 0.6 is 0 Å². The number of hydrogen-bond donors (Lipinski definition) is 2. The summed E-state index contributed by atoms with van der Waals surface area (Å²) in [5.74, 6) is -0.573. The molecule has 10 heteroatoms. The van der Waals surface area contributed by atoms with Crippen molar-refractivity contribution in [3.63, 3.8) is 0 Å². The second kappa shape index (κ2) is 7.20. The van der Waals surface area contributed by atoms with Crippen molar-refractivity contribution in [2.24, 2.45) is 5.10 Å². The molecule has 0 spiro atoms. The Hall–Kier alpha value is -3.82. The second-order valence-corrected chi connectivity index (χ2v) is 5.70. The molecule has 0 unspecified atom stereocenters. The molecular weight excluding hydrogens is 353 g/mol. The lowest BCUT2D eigenvalue weighted by atomic mass is 10.2. The van der Waals surface area contributed by atoms with Crippen LogP contribution in [0.4, 0.5) is 21.8 Å². The third kappa shape index (κ3) is 3.59. The van der Waals surface area contributed by atoms with Crippen LogP contribution in [0.15, 0.2) is 41.6 Å². The summed E-state index contributed by atoms with van der Waals surface area (Å²) in [4.78, 5) is 17.7. The Morgan fingerprint density at radius 3 is 2.81 bits per heavy atom. The molecule has 3 aromatic rings. The fraction of sp³-hybridized carbons (Fsp3) is 0.118. The number of nitrogens with two attached hydrogens (primary N) is 1. The monoisotopic (exact) mass is 369 g/mol. The van der Waals surface area contributed by atoms with Crippen LogP contribution in [0.3, 0.4) is 0 Å². The quantitative estimate of drug-likeness (QED) is 0.405. The standard InChI is InChI=1S/C17H16FN7O2/c1-10-7-12(11(2)24(10)14-6-4-3-5-13(14)18)8-21-23-16-15(25(26)27)9-20-17(19)22-16/h3-9H,1-2H3,(H3,19,20,22,23)/b21-8+. The van der Waals surface area contributed by atoms with Gasteiger partial charge in [-0.05, 0) is 32.0 Å². The van der Waals surface area contributed by atoms with Gasteiger partial charge < -0.3 is 10.3 Å². The number of anilines is 2. The lowest BCUT2D eigenvalue weighted by molar-refractivity contribution is -0.384. The summed E-state index contributed by atoms with van der Waals surface area (Å²) in [5, 5.41) is 15.0. The van der Waals surface area contributed by atoms with E-state index < -0.39 is 4.92 Å². The van der Waals surface area contributed by atoms with Crippen molar-refractivity contribution in [3.8, 4) is 5.69 Å². The van der Waals surface area contributed by atoms with Gasteiger partial charge in [0.1, 0.15) is 12.0 Å². The Kier molecular flexibility index (Phi) is 4.79. The minimum Gasteiger partial charge on any atom is -0.368 e. The molecule has 3 N–H and O–H groups in total. The van der Waals surface area contributed by atoms with Gasteiger partial charge >= 0.3 is 5.69 Å². The molecule has 2 heterocycles. The zero-order chi connectivity index (χ0) is 19.6. The van der Waals surface area contributed by atoms with Crippen LogP contribution in [0.5, 0.6) is 0 Å². The maximum atomic E-state index is 14.1. The summed E-state index contributed by atoms with van der Waals surface area (Å²) >= 11 is 0. The Morgan fingerprint density at radius 2 is 2.11 bits per heavy atom. The smallest absolute Gasteiger partial charge is 0.331 e. The minimum atomic E-state index is -0.638. The lowest BCUT2D eigenvalue weighted by Crippen LogP contribution is -2.04. The molecule has 0 atom stereocenters. The number of para-hydroxylation sites is 1. The van der Waals surface area contributed by atoms with Gasteiger partial charge in [0.15, 0.2) is 0 Å². The van der Waals surface area contributed by atoms with E-state index >= 15 is 0 Å². The van der Waals surface area contributed by atoms with Crippen molar-refractivity contribution < 1.29 is 9.31 Å². The highest BCUT2D eigenvalue weighted by molar-refractivity contribution is 5.83. The van der Waals surface area contributed by atoms with E-state index in [0.29, 0.717) is 11.3 Å². The Labute approximate surface area is 153 Å². The van der Waals surface area contributed by atoms with Gasteiger partial charge in [-0.25, -0.2) is 9.37 Å². The van der Waals surface area contributed by atoms with Crippen LogP contribution < -0.4 is 11.2 Å². The van der Waals surface area contributed by atoms with Crippen LogP contribution in [0.1, 0.15) is 17.0 Å². The van der Waals surface area contributed by atoms with E-state index in [-0.39, 0.29) is 23.3 Å². The van der Waals surface area contributed by atoms with E-state index in [1.165, 1.54) is 12.3 Å². The normalized spacial score (nSPS) is 11.1. The van der Waals surface area contributed by atoms with E-state index in [4.69, 9.17) is 5.73 Å². The largest absolute Gasteiger partial charge is 0.368 e. The van der Waals surface area contributed by atoms with Crippen LogP contribution in [-0.2, 0) is 0 Å². The van der Waals surface area contributed by atoms with Crippen LogP contribution in [0.2, 0.25) is 0 Å². The third-order valence-electron chi connectivity index (χ3n) is 3.92. The summed E-state index contributed by atoms with van der Waals surface area (Å²) in [6, 6.07) is 8.28. The molecule has 27 heavy (non-hydrogen) atoms. The Balaban J connectivity index is 1.90. The molecule has 0 bridgehead atoms. The first-order chi connectivity index (χ1) is 12.9. The van der Waals surface area contributed by atoms with Gasteiger partial charge in [-0.1, -0.05) is 12.1 Å². The number of aromatic nitrogens is 3. The summed E-state index contributed by atoms with van der Waals surface area (Å²) in [7, 11) is 0. The number of halogens is 1. The molecule has 0 fully saturated rings. The van der Waals surface area contributed by atoms with E-state index in [1.54, 1.807) is 22.8 Å². The molecule has 0 radical (unpaired) electrons. The van der Waals surface area contributed by atoms with Gasteiger partial charge in [0.05, 0.1) is 16.8 Å². The van der Waals surface area contributed by atoms with Crippen molar-refractivity contribution >= 4 is 23.7 Å². The van der Waals surface area contributed by atoms with E-state index in [0.717, 1.165) is 17.6 Å². The highest BCUT2D eigenvalue weighted by Crippen LogP contribution is 2.23. The Bertz CT molecular complexity index is 1050. The van der Waals surface area contributed by atoms with E-state index in [2.05, 4.69) is 20.5 Å². The second-order valence-electron chi connectivity index (χ2n) is 5.70. The number of nitrogens with one attached hydrogen (secondary N) is 1. The molecule has 0 aliphatic heterocycles. The predicted molar refractivity (Wildman–Crippen MR) is 99.5 cm³/mol. The van der Waals surface area contributed by atoms with Crippen molar-refractivity contribution in [1.82, 2.24) is 14.5 Å². The Morgan fingerprint density at radius 1 is 1.37 bits per heavy atom. The van der Waals surface area contributed by atoms with Crippen LogP contribution in [-0.4, -0.2) is 25.7 Å². The number of hydrogen-bond acceptors (Lipinski definition) is 7. The molecule has 0 saturated carbocycles. The summed E-state index contributed by atoms with van der Waals surface area (Å²) < 4.78 is 15.9. The van der Waals surface area contributed by atoms with Crippen LogP contribution in [0, 0.1) is 29.8 Å². The molecule has 3 rings (SSSR count). The highest BCUT2D eigenvalue weighted by Gasteiger charge is 2.16. The third-order valence-corrected chi connectivity index (χ3v) is 3.92. The number of rotatable bonds is 5. The van der Waals surface area contributed by atoms with Crippen molar-refractivity contribution in [1.29, 1.82) is 0 Å². The summed E-state index contributed by atoms with van der Waals surface area (Å²) in [5.41, 5.74) is 10.3. The SMILES string of the molecule is Cc1cc(/C=N/Nc2nc(N)ncc2[N+](=O)[O-])c(C)n1-c1ccccc1F. The topological polar surface area (TPSA) is 124 Å². The van der Waals surface area contributed by atoms with Gasteiger partial charge in [0.2, 0.25) is 11.8 Å². The zero-order valence-electron chi connectivity index (χ0n) is 14.5. The number of benzene rings is 1. The lowest BCUT2D eigenvalue weighted by Gasteiger charge is -2.10. The first-order valence-corrected chi connectivity index (χ1v) is 7.88. The van der Waals surface area contributed by atoms with Gasteiger partial charge in [-0.15, -0.1) is 0 Å². The first-order valence-electron chi connectivity index (χ1n) is 7.88. The summed E-state index contributed by atoms with van der Waals surface area (Å²) in [6.45, 7) is 3.67. The number of nitro groups is 1. The van der Waals surface area contributed by atoms with Gasteiger partial charge in [0.25, 0.3) is 0 Å². The molecule has 138 valence electrons. The van der Waals surface area contributed by atoms with Gasteiger partial charge in [0, 0.05) is 17.0 Å². The fourth-order valence-electron chi connectivity index (χ4n) is 2.69. The van der Waals surface area contributed by atoms with Crippen LogP contribution in [0.25, 0.3) is 5.69 Å². The highest BCUT2D eigenvalue weighted by atomic mass is 19.1. The number of hydrazone groups is 1. The minimum absolute atomic E-state index is 0.115. The number of aryl methyl sites for hydroxylation is 1. The number of nitrogen functional groups attached to an aromatic ring is 1. The van der Waals surface area contributed by atoms with Crippen molar-refractivity contribution in [3.05, 3.63) is 69.4 Å². The van der Waals surface area contributed by atoms with Gasteiger partial charge in [-0.3, -0.25) is 15.5 Å². The summed E-state index contributed by atoms with van der Waals surface area (Å²) in [6.07, 6.45) is 2.48. The maximum absolute atomic E-state index is 14.1. The number of nitrogens with zero attached hydrogens (tertiary/aromatic N) is 5. The molecule has 0 amide bonds. The molecule has 0 aliphatic carbocycles. The molecule has 2 aromatic heterocycles. The van der Waals surface area contributed by atoms with Gasteiger partial charge in [-0.2, -0.15) is 10.1 Å². The van der Waals surface area contributed by atoms with Crippen molar-refractivity contribution in [2.75, 3.05) is 11.2 Å². The molecule has 1 aromatic carbocycles. The molecule has 0 aliphatic rings. The zero-order valence-corrected chi connectivity index (χ0v) is 14.5. The van der Waals surface area contributed by atoms with E-state index in [1.807, 2.05) is 19.9 Å². The average molecular weight is 369 g/mol. The average Bonchev–Trinajstić information content (AvgIpc) is 2.89. The maximum Gasteiger partial charge on any atom is 0.331 e.